The van der Waals surface area contributed by atoms with E-state index >= 15 is 0 Å². The maximum atomic E-state index is 12.0. The van der Waals surface area contributed by atoms with E-state index < -0.39 is 0 Å². The molecule has 2 saturated heterocycles. The first-order valence-electron chi connectivity index (χ1n) is 9.93. The first-order chi connectivity index (χ1) is 13.2. The highest BCUT2D eigenvalue weighted by Crippen LogP contribution is 2.28. The summed E-state index contributed by atoms with van der Waals surface area (Å²) in [6.45, 7) is 5.95. The lowest BCUT2D eigenvalue weighted by molar-refractivity contribution is -0.117. The maximum Gasteiger partial charge on any atom is 0.227 e. The number of amides is 1. The molecule has 1 amide bonds. The summed E-state index contributed by atoms with van der Waals surface area (Å²) in [5.74, 6) is 0.247. The molecule has 27 heavy (non-hydrogen) atoms. The van der Waals surface area contributed by atoms with Crippen molar-refractivity contribution in [1.29, 1.82) is 0 Å². The van der Waals surface area contributed by atoms with E-state index in [0.717, 1.165) is 51.1 Å². The van der Waals surface area contributed by atoms with Crippen LogP contribution in [0, 0.1) is 0 Å². The normalized spacial score (nSPS) is 19.7. The number of anilines is 2. The van der Waals surface area contributed by atoms with Crippen LogP contribution in [-0.2, 0) is 11.3 Å². The summed E-state index contributed by atoms with van der Waals surface area (Å²) in [6, 6.07) is 9.35. The van der Waals surface area contributed by atoms with E-state index in [0.29, 0.717) is 18.5 Å². The molecule has 1 aromatic heterocycles. The summed E-state index contributed by atoms with van der Waals surface area (Å²) in [7, 11) is 0. The number of piperidine rings is 1. The molecule has 0 radical (unpaired) electrons. The van der Waals surface area contributed by atoms with E-state index in [9.17, 15) is 4.79 Å². The predicted molar refractivity (Wildman–Crippen MR) is 106 cm³/mol. The van der Waals surface area contributed by atoms with E-state index in [4.69, 9.17) is 0 Å². The van der Waals surface area contributed by atoms with Gasteiger partial charge in [0, 0.05) is 49.5 Å². The summed E-state index contributed by atoms with van der Waals surface area (Å²) >= 11 is 0. The minimum Gasteiger partial charge on any atom is -0.371 e. The number of carbonyl (C=O) groups excluding carboxylic acids is 1. The van der Waals surface area contributed by atoms with Crippen molar-refractivity contribution in [1.82, 2.24) is 20.1 Å². The topological polar surface area (TPSA) is 66.3 Å². The average molecular weight is 368 g/mol. The van der Waals surface area contributed by atoms with Crippen molar-refractivity contribution in [3.8, 4) is 0 Å². The highest BCUT2D eigenvalue weighted by Gasteiger charge is 2.24. The fourth-order valence-electron chi connectivity index (χ4n) is 4.15. The molecule has 7 nitrogen and oxygen atoms in total. The summed E-state index contributed by atoms with van der Waals surface area (Å²) in [5.41, 5.74) is 2.26. The molecule has 144 valence electrons. The third kappa shape index (κ3) is 4.30. The number of benzene rings is 1. The molecule has 7 heteroatoms. The largest absolute Gasteiger partial charge is 0.371 e. The molecule has 0 unspecified atom stereocenters. The average Bonchev–Trinajstić information content (AvgIpc) is 3.34. The summed E-state index contributed by atoms with van der Waals surface area (Å²) in [6.07, 6.45) is 7.22. The molecule has 0 aliphatic carbocycles. The van der Waals surface area contributed by atoms with Crippen molar-refractivity contribution in [3.63, 3.8) is 0 Å². The zero-order valence-electron chi connectivity index (χ0n) is 15.9. The van der Waals surface area contributed by atoms with Crippen LogP contribution in [0.25, 0.3) is 0 Å². The van der Waals surface area contributed by atoms with Crippen LogP contribution in [0.3, 0.4) is 0 Å². The van der Waals surface area contributed by atoms with E-state index in [2.05, 4.69) is 45.4 Å². The van der Waals surface area contributed by atoms with Crippen LogP contribution in [0.15, 0.2) is 36.9 Å². The van der Waals surface area contributed by atoms with Gasteiger partial charge in [-0.2, -0.15) is 5.10 Å². The molecule has 2 aromatic rings. The molecular weight excluding hydrogens is 340 g/mol. The third-order valence-electron chi connectivity index (χ3n) is 5.52. The number of carbonyl (C=O) groups is 1. The van der Waals surface area contributed by atoms with Gasteiger partial charge in [0.25, 0.3) is 0 Å². The smallest absolute Gasteiger partial charge is 0.227 e. The van der Waals surface area contributed by atoms with Gasteiger partial charge in [-0.25, -0.2) is 4.98 Å². The minimum absolute atomic E-state index is 0.247. The number of hydrogen-bond donors (Lipinski definition) is 1. The Morgan fingerprint density at radius 3 is 2.74 bits per heavy atom. The molecule has 2 aliphatic rings. The van der Waals surface area contributed by atoms with Crippen molar-refractivity contribution in [2.24, 2.45) is 0 Å². The van der Waals surface area contributed by atoms with Crippen LogP contribution in [0.4, 0.5) is 11.4 Å². The van der Waals surface area contributed by atoms with Crippen LogP contribution in [0.1, 0.15) is 32.6 Å². The van der Waals surface area contributed by atoms with Gasteiger partial charge >= 0.3 is 0 Å². The van der Waals surface area contributed by atoms with Gasteiger partial charge in [-0.15, -0.1) is 0 Å². The summed E-state index contributed by atoms with van der Waals surface area (Å²) < 4.78 is 1.87. The number of nitrogens with one attached hydrogen (secondary N) is 1. The lowest BCUT2D eigenvalue weighted by atomic mass is 10.0. The van der Waals surface area contributed by atoms with Crippen molar-refractivity contribution < 1.29 is 4.79 Å². The lowest BCUT2D eigenvalue weighted by Gasteiger charge is -2.35. The molecule has 0 bridgehead atoms. The molecule has 4 rings (SSSR count). The van der Waals surface area contributed by atoms with Crippen LogP contribution in [0.2, 0.25) is 0 Å². The molecule has 1 aromatic carbocycles. The van der Waals surface area contributed by atoms with E-state index in [1.807, 2.05) is 15.6 Å². The van der Waals surface area contributed by atoms with Crippen LogP contribution < -0.4 is 15.1 Å². The van der Waals surface area contributed by atoms with Crippen molar-refractivity contribution in [3.05, 3.63) is 36.9 Å². The molecule has 3 heterocycles. The Balaban J connectivity index is 1.30. The molecule has 1 N–H and O–H groups in total. The molecule has 2 fully saturated rings. The van der Waals surface area contributed by atoms with Crippen molar-refractivity contribution in [2.75, 3.05) is 29.4 Å². The summed E-state index contributed by atoms with van der Waals surface area (Å²) in [4.78, 5) is 20.4. The Morgan fingerprint density at radius 1 is 1.22 bits per heavy atom. The monoisotopic (exact) mass is 368 g/mol. The van der Waals surface area contributed by atoms with Gasteiger partial charge < -0.3 is 15.1 Å². The van der Waals surface area contributed by atoms with Crippen LogP contribution in [0.5, 0.6) is 0 Å². The van der Waals surface area contributed by atoms with Gasteiger partial charge in [-0.05, 0) is 44.4 Å². The van der Waals surface area contributed by atoms with Gasteiger partial charge in [-0.1, -0.05) is 6.07 Å². The number of nitrogens with zero attached hydrogens (tertiary/aromatic N) is 5. The zero-order chi connectivity index (χ0) is 18.6. The van der Waals surface area contributed by atoms with E-state index in [1.54, 1.807) is 12.7 Å². The second-order valence-electron chi connectivity index (χ2n) is 7.62. The molecule has 0 spiro atoms. The Kier molecular flexibility index (Phi) is 5.38. The van der Waals surface area contributed by atoms with Gasteiger partial charge in [0.2, 0.25) is 5.91 Å². The summed E-state index contributed by atoms with van der Waals surface area (Å²) in [5, 5.41) is 7.90. The molecule has 1 atom stereocenters. The fourth-order valence-corrected chi connectivity index (χ4v) is 4.15. The Bertz CT molecular complexity index is 754. The highest BCUT2D eigenvalue weighted by molar-refractivity contribution is 5.95. The lowest BCUT2D eigenvalue weighted by Crippen LogP contribution is -2.46. The molecule has 2 aliphatic heterocycles. The van der Waals surface area contributed by atoms with Crippen LogP contribution >= 0.6 is 0 Å². The van der Waals surface area contributed by atoms with Gasteiger partial charge in [0.05, 0.1) is 6.54 Å². The van der Waals surface area contributed by atoms with Gasteiger partial charge in [0.15, 0.2) is 0 Å². The Morgan fingerprint density at radius 2 is 2.04 bits per heavy atom. The Hall–Kier alpha value is -2.41. The first kappa shape index (κ1) is 18.0. The van der Waals surface area contributed by atoms with Crippen molar-refractivity contribution in [2.45, 2.75) is 51.2 Å². The highest BCUT2D eigenvalue weighted by atomic mass is 16.2. The zero-order valence-corrected chi connectivity index (χ0v) is 15.9. The fraction of sp³-hybridized carbons (Fsp3) is 0.550. The predicted octanol–water partition coefficient (Wildman–Crippen LogP) is 2.05. The minimum atomic E-state index is 0.247. The standard InChI is InChI=1S/C20H28N6O/c1-16(13-25-15-21-14-22-25)23-17-7-10-24(11-8-17)18-4-2-5-19(12-18)26-9-3-6-20(26)27/h2,4-5,12,14-17,23H,3,6-11,13H2,1H3/t16-/m0/s1. The van der Waals surface area contributed by atoms with Crippen molar-refractivity contribution >= 4 is 17.3 Å². The van der Waals surface area contributed by atoms with Gasteiger partial charge in [-0.3, -0.25) is 9.48 Å². The molecule has 0 saturated carbocycles. The third-order valence-corrected chi connectivity index (χ3v) is 5.52. The number of aromatic nitrogens is 3. The first-order valence-corrected chi connectivity index (χ1v) is 9.93. The second-order valence-corrected chi connectivity index (χ2v) is 7.62. The quantitative estimate of drug-likeness (QED) is 0.845. The van der Waals surface area contributed by atoms with E-state index in [-0.39, 0.29) is 5.91 Å². The van der Waals surface area contributed by atoms with E-state index in [1.165, 1.54) is 5.69 Å². The maximum absolute atomic E-state index is 12.0. The SMILES string of the molecule is C[C@@H](Cn1cncn1)NC1CCN(c2cccc(N3CCCC3=O)c2)CC1. The number of hydrogen-bond acceptors (Lipinski definition) is 5. The van der Waals surface area contributed by atoms with Gasteiger partial charge in [0.1, 0.15) is 12.7 Å². The second kappa shape index (κ2) is 8.08. The van der Waals surface area contributed by atoms with Crippen LogP contribution in [-0.4, -0.2) is 52.4 Å². The molecular formula is C20H28N6O. The Labute approximate surface area is 160 Å². The number of rotatable bonds is 6.